The van der Waals surface area contributed by atoms with Crippen LogP contribution >= 0.6 is 0 Å². The fourth-order valence-electron chi connectivity index (χ4n) is 1.80. The van der Waals surface area contributed by atoms with Gasteiger partial charge < -0.3 is 4.74 Å². The summed E-state index contributed by atoms with van der Waals surface area (Å²) in [4.78, 5) is 11.4. The highest BCUT2D eigenvalue weighted by Gasteiger charge is 2.27. The van der Waals surface area contributed by atoms with Crippen LogP contribution in [0.4, 0.5) is 0 Å². The van der Waals surface area contributed by atoms with Gasteiger partial charge in [-0.3, -0.25) is 0 Å². The summed E-state index contributed by atoms with van der Waals surface area (Å²) in [5, 5.41) is 8.15. The quantitative estimate of drug-likeness (QED) is 0.690. The van der Waals surface area contributed by atoms with Crippen LogP contribution in [0.15, 0.2) is 0 Å². The second kappa shape index (κ2) is 3.61. The lowest BCUT2D eigenvalue weighted by Crippen LogP contribution is -2.08. The third kappa shape index (κ3) is 1.71. The highest BCUT2D eigenvalue weighted by Crippen LogP contribution is 2.25. The van der Waals surface area contributed by atoms with Crippen LogP contribution in [0.3, 0.4) is 0 Å². The van der Waals surface area contributed by atoms with Crippen LogP contribution in [0.1, 0.15) is 41.2 Å². The third-order valence-corrected chi connectivity index (χ3v) is 2.49. The molecule has 1 aliphatic heterocycles. The van der Waals surface area contributed by atoms with E-state index < -0.39 is 0 Å². The van der Waals surface area contributed by atoms with Gasteiger partial charge in [-0.2, -0.15) is 10.2 Å². The summed E-state index contributed by atoms with van der Waals surface area (Å²) in [6.45, 7) is 6.38. The van der Waals surface area contributed by atoms with Gasteiger partial charge in [-0.15, -0.1) is 0 Å². The van der Waals surface area contributed by atoms with E-state index in [1.54, 1.807) is 6.92 Å². The molecule has 0 radical (unpaired) electrons. The van der Waals surface area contributed by atoms with Crippen LogP contribution in [0.2, 0.25) is 0 Å². The zero-order chi connectivity index (χ0) is 11.0. The second-order valence-corrected chi connectivity index (χ2v) is 4.26. The summed E-state index contributed by atoms with van der Waals surface area (Å²) < 4.78 is 5.01. The molecular weight excluding hydrogens is 192 g/mol. The first kappa shape index (κ1) is 10.1. The van der Waals surface area contributed by atoms with Gasteiger partial charge >= 0.3 is 5.97 Å². The van der Waals surface area contributed by atoms with Crippen molar-refractivity contribution in [3.05, 3.63) is 22.5 Å². The minimum absolute atomic E-state index is 0.262. The summed E-state index contributed by atoms with van der Waals surface area (Å²) in [5.74, 6) is 0.240. The minimum atomic E-state index is -0.262. The first-order chi connectivity index (χ1) is 7.09. The standard InChI is InChI=1S/C11H14N2O2/c1-6(2)4-9-8-5-15-11(14)10(8)7(3)12-13-9/h6H,4-5H2,1-3H3. The van der Waals surface area contributed by atoms with Crippen molar-refractivity contribution < 1.29 is 9.53 Å². The fourth-order valence-corrected chi connectivity index (χ4v) is 1.80. The van der Waals surface area contributed by atoms with Crippen LogP contribution < -0.4 is 0 Å². The van der Waals surface area contributed by atoms with Crippen molar-refractivity contribution in [3.8, 4) is 0 Å². The molecule has 80 valence electrons. The van der Waals surface area contributed by atoms with Crippen molar-refractivity contribution in [2.45, 2.75) is 33.8 Å². The molecule has 0 fully saturated rings. The van der Waals surface area contributed by atoms with Gasteiger partial charge in [-0.05, 0) is 19.3 Å². The fraction of sp³-hybridized carbons (Fsp3) is 0.545. The summed E-state index contributed by atoms with van der Waals surface area (Å²) in [7, 11) is 0. The first-order valence-corrected chi connectivity index (χ1v) is 5.11. The smallest absolute Gasteiger partial charge is 0.340 e. The molecule has 0 spiro atoms. The van der Waals surface area contributed by atoms with Crippen molar-refractivity contribution in [2.75, 3.05) is 0 Å². The molecule has 0 aliphatic carbocycles. The molecule has 0 unspecified atom stereocenters. The molecule has 0 saturated heterocycles. The first-order valence-electron chi connectivity index (χ1n) is 5.11. The Morgan fingerprint density at radius 1 is 1.40 bits per heavy atom. The van der Waals surface area contributed by atoms with E-state index >= 15 is 0 Å². The van der Waals surface area contributed by atoms with Crippen LogP contribution in [-0.4, -0.2) is 16.2 Å². The van der Waals surface area contributed by atoms with E-state index in [4.69, 9.17) is 4.74 Å². The molecule has 0 saturated carbocycles. The van der Waals surface area contributed by atoms with Crippen LogP contribution in [0.5, 0.6) is 0 Å². The van der Waals surface area contributed by atoms with Crippen LogP contribution in [0, 0.1) is 12.8 Å². The summed E-state index contributed by atoms with van der Waals surface area (Å²) in [5.41, 5.74) is 3.12. The van der Waals surface area contributed by atoms with Crippen molar-refractivity contribution >= 4 is 5.97 Å². The van der Waals surface area contributed by atoms with Crippen molar-refractivity contribution in [3.63, 3.8) is 0 Å². The molecule has 0 amide bonds. The molecular formula is C11H14N2O2. The monoisotopic (exact) mass is 206 g/mol. The number of cyclic esters (lactones) is 1. The van der Waals surface area contributed by atoms with E-state index in [-0.39, 0.29) is 5.97 Å². The van der Waals surface area contributed by atoms with E-state index in [1.165, 1.54) is 0 Å². The molecule has 1 aliphatic rings. The molecule has 4 nitrogen and oxygen atoms in total. The number of nitrogens with zero attached hydrogens (tertiary/aromatic N) is 2. The second-order valence-electron chi connectivity index (χ2n) is 4.26. The molecule has 1 aromatic heterocycles. The zero-order valence-corrected chi connectivity index (χ0v) is 9.20. The molecule has 0 bridgehead atoms. The molecule has 2 rings (SSSR count). The average molecular weight is 206 g/mol. The van der Waals surface area contributed by atoms with Gasteiger partial charge in [0.05, 0.1) is 17.0 Å². The predicted octanol–water partition coefficient (Wildman–Crippen LogP) is 1.65. The number of esters is 1. The topological polar surface area (TPSA) is 52.1 Å². The third-order valence-electron chi connectivity index (χ3n) is 2.49. The largest absolute Gasteiger partial charge is 0.457 e. The normalized spacial score (nSPS) is 14.3. The van der Waals surface area contributed by atoms with E-state index in [2.05, 4.69) is 24.0 Å². The van der Waals surface area contributed by atoms with E-state index in [0.29, 0.717) is 23.8 Å². The Labute approximate surface area is 88.7 Å². The molecule has 0 N–H and O–H groups in total. The minimum Gasteiger partial charge on any atom is -0.457 e. The number of hydrogen-bond donors (Lipinski definition) is 0. The summed E-state index contributed by atoms with van der Waals surface area (Å²) >= 11 is 0. The van der Waals surface area contributed by atoms with Gasteiger partial charge in [0.15, 0.2) is 0 Å². The number of hydrogen-bond acceptors (Lipinski definition) is 4. The summed E-state index contributed by atoms with van der Waals surface area (Å²) in [6, 6.07) is 0. The SMILES string of the molecule is Cc1nnc(CC(C)C)c2c1C(=O)OC2. The number of fused-ring (bicyclic) bond motifs is 1. The van der Waals surface area contributed by atoms with Gasteiger partial charge in [0.25, 0.3) is 0 Å². The van der Waals surface area contributed by atoms with Gasteiger partial charge in [-0.25, -0.2) is 4.79 Å². The lowest BCUT2D eigenvalue weighted by molar-refractivity contribution is 0.0534. The van der Waals surface area contributed by atoms with E-state index in [1.807, 2.05) is 0 Å². The van der Waals surface area contributed by atoms with Crippen molar-refractivity contribution in [1.82, 2.24) is 10.2 Å². The maximum Gasteiger partial charge on any atom is 0.340 e. The Kier molecular flexibility index (Phi) is 2.42. The highest BCUT2D eigenvalue weighted by molar-refractivity contribution is 5.94. The maximum atomic E-state index is 11.4. The van der Waals surface area contributed by atoms with Crippen LogP contribution in [0.25, 0.3) is 0 Å². The van der Waals surface area contributed by atoms with Gasteiger partial charge in [0, 0.05) is 5.56 Å². The highest BCUT2D eigenvalue weighted by atomic mass is 16.5. The van der Waals surface area contributed by atoms with E-state index in [0.717, 1.165) is 17.7 Å². The molecule has 15 heavy (non-hydrogen) atoms. The number of rotatable bonds is 2. The number of aromatic nitrogens is 2. The number of ether oxygens (including phenoxy) is 1. The zero-order valence-electron chi connectivity index (χ0n) is 9.20. The Hall–Kier alpha value is -1.45. The predicted molar refractivity (Wildman–Crippen MR) is 54.4 cm³/mol. The van der Waals surface area contributed by atoms with Crippen LogP contribution in [-0.2, 0) is 17.8 Å². The molecule has 0 aromatic carbocycles. The molecule has 0 atom stereocenters. The number of aryl methyl sites for hydroxylation is 1. The lowest BCUT2D eigenvalue weighted by Gasteiger charge is -2.07. The van der Waals surface area contributed by atoms with Gasteiger partial charge in [-0.1, -0.05) is 13.8 Å². The Bertz CT molecular complexity index is 413. The summed E-state index contributed by atoms with van der Waals surface area (Å²) in [6.07, 6.45) is 0.840. The number of carbonyl (C=O) groups is 1. The molecule has 4 heteroatoms. The van der Waals surface area contributed by atoms with Crippen molar-refractivity contribution in [2.24, 2.45) is 5.92 Å². The van der Waals surface area contributed by atoms with Gasteiger partial charge in [0.1, 0.15) is 6.61 Å². The van der Waals surface area contributed by atoms with E-state index in [9.17, 15) is 4.79 Å². The molecule has 1 aromatic rings. The average Bonchev–Trinajstić information content (AvgIpc) is 2.53. The Balaban J connectivity index is 2.47. The van der Waals surface area contributed by atoms with Gasteiger partial charge in [0.2, 0.25) is 0 Å². The Morgan fingerprint density at radius 3 is 2.80 bits per heavy atom. The molecule has 2 heterocycles. The lowest BCUT2D eigenvalue weighted by atomic mass is 10.0. The number of carbonyl (C=O) groups excluding carboxylic acids is 1. The maximum absolute atomic E-state index is 11.4. The van der Waals surface area contributed by atoms with Crippen molar-refractivity contribution in [1.29, 1.82) is 0 Å². The Morgan fingerprint density at radius 2 is 2.13 bits per heavy atom.